The van der Waals surface area contributed by atoms with Gasteiger partial charge in [0.2, 0.25) is 11.8 Å². The molecule has 2 saturated carbocycles. The van der Waals surface area contributed by atoms with Gasteiger partial charge >= 0.3 is 5.97 Å². The molecule has 3 aromatic carbocycles. The third-order valence-electron chi connectivity index (χ3n) is 8.22. The van der Waals surface area contributed by atoms with Gasteiger partial charge in [0.15, 0.2) is 0 Å². The molecule has 1 saturated heterocycles. The van der Waals surface area contributed by atoms with Gasteiger partial charge in [0.05, 0.1) is 12.1 Å². The number of anilines is 1. The zero-order valence-electron chi connectivity index (χ0n) is 24.1. The van der Waals surface area contributed by atoms with Crippen LogP contribution in [0.3, 0.4) is 0 Å². The number of nitrogens with one attached hydrogen (secondary N) is 2. The Hall–Kier alpha value is -3.72. The minimum Gasteiger partial charge on any atom is -0.457 e. The molecule has 1 aliphatic heterocycles. The van der Waals surface area contributed by atoms with Gasteiger partial charge in [-0.25, -0.2) is 4.79 Å². The molecular formula is C34H37ClN4O4. The molecule has 3 fully saturated rings. The van der Waals surface area contributed by atoms with Crippen LogP contribution in [-0.2, 0) is 33.9 Å². The van der Waals surface area contributed by atoms with E-state index in [0.717, 1.165) is 36.9 Å². The van der Waals surface area contributed by atoms with Crippen LogP contribution in [0.25, 0.3) is 0 Å². The third kappa shape index (κ3) is 7.44. The van der Waals surface area contributed by atoms with E-state index in [2.05, 4.69) is 22.8 Å². The summed E-state index contributed by atoms with van der Waals surface area (Å²) in [5.41, 5.74) is 4.05. The standard InChI is InChI=1S/C34H37ClN4O4/c35-30-15-8-23(16-17-37-27-9-10-27)18-26(30)21-38(28-13-14-28)33(41)31-19-36-20-32(40)39(31)29-11-6-24(7-12-29)22-43-34(42)25-4-2-1-3-5-25/h1-8,11-12,15,18,27-28,31,36-37H,9-10,13-14,16-17,19-22H2/t31-/m1/s1. The molecule has 1 heterocycles. The van der Waals surface area contributed by atoms with Crippen molar-refractivity contribution in [2.24, 2.45) is 0 Å². The summed E-state index contributed by atoms with van der Waals surface area (Å²) in [6.45, 7) is 1.97. The molecule has 0 aromatic heterocycles. The molecule has 1 atom stereocenters. The quantitative estimate of drug-likeness (QED) is 0.298. The van der Waals surface area contributed by atoms with Crippen LogP contribution in [-0.4, -0.2) is 60.4 Å². The second kappa shape index (κ2) is 13.3. The van der Waals surface area contributed by atoms with Crippen LogP contribution in [0.1, 0.15) is 52.7 Å². The van der Waals surface area contributed by atoms with E-state index in [0.29, 0.717) is 35.4 Å². The van der Waals surface area contributed by atoms with Crippen LogP contribution in [0.15, 0.2) is 72.8 Å². The summed E-state index contributed by atoms with van der Waals surface area (Å²) in [6.07, 6.45) is 5.31. The molecule has 0 radical (unpaired) electrons. The Labute approximate surface area is 257 Å². The lowest BCUT2D eigenvalue weighted by Gasteiger charge is -2.38. The normalized spacial score (nSPS) is 18.4. The van der Waals surface area contributed by atoms with Crippen LogP contribution in [0.4, 0.5) is 5.69 Å². The van der Waals surface area contributed by atoms with Crippen LogP contribution < -0.4 is 15.5 Å². The molecular weight excluding hydrogens is 564 g/mol. The zero-order chi connectivity index (χ0) is 29.8. The first-order valence-corrected chi connectivity index (χ1v) is 15.5. The summed E-state index contributed by atoms with van der Waals surface area (Å²) >= 11 is 6.63. The number of benzene rings is 3. The fourth-order valence-corrected chi connectivity index (χ4v) is 5.69. The number of rotatable bonds is 12. The number of amides is 2. The highest BCUT2D eigenvalue weighted by molar-refractivity contribution is 6.31. The lowest BCUT2D eigenvalue weighted by Crippen LogP contribution is -2.61. The fourth-order valence-electron chi connectivity index (χ4n) is 5.51. The average Bonchev–Trinajstić information content (AvgIpc) is 3.96. The molecule has 6 rings (SSSR count). The van der Waals surface area contributed by atoms with E-state index in [-0.39, 0.29) is 31.0 Å². The second-order valence-corrected chi connectivity index (χ2v) is 12.0. The Morgan fingerprint density at radius 3 is 2.44 bits per heavy atom. The van der Waals surface area contributed by atoms with Crippen molar-refractivity contribution in [3.8, 4) is 0 Å². The largest absolute Gasteiger partial charge is 0.457 e. The SMILES string of the molecule is O=C(OCc1ccc(N2C(=O)CNC[C@@H]2C(=O)N(Cc2cc(CCNC3CC3)ccc2Cl)C2CC2)cc1)c1ccccc1. The first-order chi connectivity index (χ1) is 21.0. The maximum Gasteiger partial charge on any atom is 0.338 e. The summed E-state index contributed by atoms with van der Waals surface area (Å²) < 4.78 is 5.45. The molecule has 2 N–H and O–H groups in total. The molecule has 3 aliphatic rings. The minimum absolute atomic E-state index is 0.0826. The van der Waals surface area contributed by atoms with Gasteiger partial charge in [-0.05, 0) is 85.7 Å². The predicted octanol–water partition coefficient (Wildman–Crippen LogP) is 4.49. The van der Waals surface area contributed by atoms with Crippen molar-refractivity contribution in [1.29, 1.82) is 0 Å². The second-order valence-electron chi connectivity index (χ2n) is 11.6. The maximum absolute atomic E-state index is 14.1. The molecule has 43 heavy (non-hydrogen) atoms. The van der Waals surface area contributed by atoms with Gasteiger partial charge < -0.3 is 20.3 Å². The molecule has 2 amide bonds. The van der Waals surface area contributed by atoms with Gasteiger partial charge in [-0.1, -0.05) is 54.1 Å². The van der Waals surface area contributed by atoms with Crippen molar-refractivity contribution in [3.05, 3.63) is 100 Å². The molecule has 0 unspecified atom stereocenters. The van der Waals surface area contributed by atoms with Crippen molar-refractivity contribution < 1.29 is 19.1 Å². The first kappa shape index (κ1) is 29.4. The number of nitrogens with zero attached hydrogens (tertiary/aromatic N) is 2. The summed E-state index contributed by atoms with van der Waals surface area (Å²) in [4.78, 5) is 43.1. The van der Waals surface area contributed by atoms with Crippen LogP contribution in [0.2, 0.25) is 5.02 Å². The topological polar surface area (TPSA) is 91.0 Å². The van der Waals surface area contributed by atoms with Crippen LogP contribution in [0, 0.1) is 0 Å². The van der Waals surface area contributed by atoms with Crippen molar-refractivity contribution in [2.75, 3.05) is 24.5 Å². The predicted molar refractivity (Wildman–Crippen MR) is 166 cm³/mol. The van der Waals surface area contributed by atoms with E-state index < -0.39 is 12.0 Å². The lowest BCUT2D eigenvalue weighted by atomic mass is 10.1. The fraction of sp³-hybridized carbons (Fsp3) is 0.382. The maximum atomic E-state index is 14.1. The molecule has 0 spiro atoms. The van der Waals surface area contributed by atoms with Gasteiger partial charge in [-0.3, -0.25) is 14.5 Å². The average molecular weight is 601 g/mol. The Morgan fingerprint density at radius 2 is 1.72 bits per heavy atom. The highest BCUT2D eigenvalue weighted by Crippen LogP contribution is 2.32. The van der Waals surface area contributed by atoms with Crippen molar-refractivity contribution in [2.45, 2.75) is 63.4 Å². The molecule has 2 aliphatic carbocycles. The van der Waals surface area contributed by atoms with E-state index >= 15 is 0 Å². The molecule has 3 aromatic rings. The van der Waals surface area contributed by atoms with Gasteiger partial charge in [-0.15, -0.1) is 0 Å². The number of carbonyl (C=O) groups excluding carboxylic acids is 3. The molecule has 8 nitrogen and oxygen atoms in total. The third-order valence-corrected chi connectivity index (χ3v) is 8.59. The number of esters is 1. The summed E-state index contributed by atoms with van der Waals surface area (Å²) in [6, 6.07) is 22.4. The molecule has 0 bridgehead atoms. The number of piperazine rings is 1. The highest BCUT2D eigenvalue weighted by atomic mass is 35.5. The number of carbonyl (C=O) groups is 3. The Balaban J connectivity index is 1.14. The van der Waals surface area contributed by atoms with Gasteiger partial charge in [0.1, 0.15) is 12.6 Å². The highest BCUT2D eigenvalue weighted by Gasteiger charge is 2.41. The van der Waals surface area contributed by atoms with Crippen molar-refractivity contribution in [1.82, 2.24) is 15.5 Å². The van der Waals surface area contributed by atoms with Crippen LogP contribution >= 0.6 is 11.6 Å². The number of hydrogen-bond donors (Lipinski definition) is 2. The summed E-state index contributed by atoms with van der Waals surface area (Å²) in [5.74, 6) is -0.638. The number of hydrogen-bond acceptors (Lipinski definition) is 6. The number of halogens is 1. The van der Waals surface area contributed by atoms with E-state index in [4.69, 9.17) is 16.3 Å². The molecule has 9 heteroatoms. The van der Waals surface area contributed by atoms with E-state index in [9.17, 15) is 14.4 Å². The van der Waals surface area contributed by atoms with Gasteiger partial charge in [-0.2, -0.15) is 0 Å². The zero-order valence-corrected chi connectivity index (χ0v) is 24.9. The van der Waals surface area contributed by atoms with Crippen molar-refractivity contribution >= 4 is 35.1 Å². The Bertz CT molecular complexity index is 1460. The number of ether oxygens (including phenoxy) is 1. The Morgan fingerprint density at radius 1 is 0.977 bits per heavy atom. The lowest BCUT2D eigenvalue weighted by molar-refractivity contribution is -0.136. The van der Waals surface area contributed by atoms with Crippen LogP contribution in [0.5, 0.6) is 0 Å². The minimum atomic E-state index is -0.673. The van der Waals surface area contributed by atoms with Crippen molar-refractivity contribution in [3.63, 3.8) is 0 Å². The summed E-state index contributed by atoms with van der Waals surface area (Å²) in [5, 5.41) is 7.33. The summed E-state index contributed by atoms with van der Waals surface area (Å²) in [7, 11) is 0. The monoisotopic (exact) mass is 600 g/mol. The van der Waals surface area contributed by atoms with Gasteiger partial charge in [0, 0.05) is 35.9 Å². The van der Waals surface area contributed by atoms with Gasteiger partial charge in [0.25, 0.3) is 0 Å². The first-order valence-electron chi connectivity index (χ1n) is 15.1. The van der Waals surface area contributed by atoms with E-state index in [1.807, 2.05) is 41.3 Å². The smallest absolute Gasteiger partial charge is 0.338 e. The van der Waals surface area contributed by atoms with E-state index in [1.165, 1.54) is 18.4 Å². The Kier molecular flexibility index (Phi) is 9.07. The molecule has 224 valence electrons. The van der Waals surface area contributed by atoms with E-state index in [1.54, 1.807) is 29.2 Å².